The van der Waals surface area contributed by atoms with Gasteiger partial charge in [0.25, 0.3) is 0 Å². The zero-order chi connectivity index (χ0) is 19.9. The minimum Gasteiger partial charge on any atom is -0.496 e. The molecule has 0 saturated carbocycles. The largest absolute Gasteiger partial charge is 0.496 e. The third kappa shape index (κ3) is 5.85. The maximum absolute atomic E-state index is 5.47. The quantitative estimate of drug-likeness (QED) is 0.290. The number of ether oxygens (including phenoxy) is 1. The first-order chi connectivity index (χ1) is 13.6. The highest BCUT2D eigenvalue weighted by molar-refractivity contribution is 14.0. The molecule has 29 heavy (non-hydrogen) atoms. The van der Waals surface area contributed by atoms with Crippen molar-refractivity contribution < 1.29 is 4.74 Å². The fourth-order valence-corrected chi connectivity index (χ4v) is 3.25. The first-order valence-corrected chi connectivity index (χ1v) is 9.68. The first-order valence-electron chi connectivity index (χ1n) is 9.68. The predicted octanol–water partition coefficient (Wildman–Crippen LogP) is 3.81. The van der Waals surface area contributed by atoms with Crippen molar-refractivity contribution in [2.45, 2.75) is 26.8 Å². The summed E-state index contributed by atoms with van der Waals surface area (Å²) < 4.78 is 7.57. The van der Waals surface area contributed by atoms with E-state index in [-0.39, 0.29) is 24.0 Å². The van der Waals surface area contributed by atoms with Gasteiger partial charge < -0.3 is 19.9 Å². The second kappa shape index (κ2) is 11.0. The van der Waals surface area contributed by atoms with Crippen molar-refractivity contribution in [1.29, 1.82) is 0 Å². The van der Waals surface area contributed by atoms with Gasteiger partial charge in [-0.15, -0.1) is 24.0 Å². The Morgan fingerprint density at radius 3 is 2.69 bits per heavy atom. The Morgan fingerprint density at radius 2 is 1.97 bits per heavy atom. The molecule has 2 aromatic carbocycles. The predicted molar refractivity (Wildman–Crippen MR) is 130 cm³/mol. The van der Waals surface area contributed by atoms with Gasteiger partial charge in [0.05, 0.1) is 18.1 Å². The first kappa shape index (κ1) is 23.0. The van der Waals surface area contributed by atoms with Gasteiger partial charge in [0.15, 0.2) is 5.96 Å². The lowest BCUT2D eigenvalue weighted by Gasteiger charge is -2.13. The van der Waals surface area contributed by atoms with Crippen LogP contribution in [0.15, 0.2) is 47.5 Å². The van der Waals surface area contributed by atoms with Gasteiger partial charge in [-0.3, -0.25) is 0 Å². The highest BCUT2D eigenvalue weighted by atomic mass is 127. The van der Waals surface area contributed by atoms with Crippen LogP contribution in [0, 0.1) is 6.92 Å². The van der Waals surface area contributed by atoms with Crippen molar-refractivity contribution in [2.24, 2.45) is 12.0 Å². The molecule has 0 spiro atoms. The number of nitrogens with one attached hydrogen (secondary N) is 2. The van der Waals surface area contributed by atoms with E-state index >= 15 is 0 Å². The zero-order valence-corrected chi connectivity index (χ0v) is 19.9. The Kier molecular flexibility index (Phi) is 8.75. The highest BCUT2D eigenvalue weighted by Crippen LogP contribution is 2.19. The molecular weight excluding hydrogens is 477 g/mol. The summed E-state index contributed by atoms with van der Waals surface area (Å²) in [5.41, 5.74) is 4.55. The van der Waals surface area contributed by atoms with Crippen molar-refractivity contribution >= 4 is 41.0 Å². The van der Waals surface area contributed by atoms with Crippen molar-refractivity contribution in [3.05, 3.63) is 59.4 Å². The van der Waals surface area contributed by atoms with Crippen molar-refractivity contribution in [1.82, 2.24) is 20.2 Å². The molecule has 0 unspecified atom stereocenters. The van der Waals surface area contributed by atoms with E-state index in [0.29, 0.717) is 6.54 Å². The van der Waals surface area contributed by atoms with Crippen LogP contribution < -0.4 is 15.4 Å². The molecule has 0 atom stereocenters. The third-order valence-electron chi connectivity index (χ3n) is 4.73. The van der Waals surface area contributed by atoms with Gasteiger partial charge in [-0.2, -0.15) is 0 Å². The lowest BCUT2D eigenvalue weighted by molar-refractivity contribution is 0.409. The minimum atomic E-state index is 0. The van der Waals surface area contributed by atoms with E-state index in [1.807, 2.05) is 31.3 Å². The van der Waals surface area contributed by atoms with Crippen LogP contribution in [0.4, 0.5) is 0 Å². The molecule has 156 valence electrons. The number of aryl methyl sites for hydroxylation is 2. The molecule has 0 bridgehead atoms. The molecule has 0 fully saturated rings. The van der Waals surface area contributed by atoms with Crippen molar-refractivity contribution in [2.75, 3.05) is 20.2 Å². The molecule has 1 heterocycles. The number of benzene rings is 2. The van der Waals surface area contributed by atoms with Gasteiger partial charge in [0, 0.05) is 20.1 Å². The van der Waals surface area contributed by atoms with E-state index in [0.717, 1.165) is 48.1 Å². The van der Waals surface area contributed by atoms with E-state index < -0.39 is 0 Å². The molecular formula is C22H30IN5O. The summed E-state index contributed by atoms with van der Waals surface area (Å²) in [6.45, 7) is 6.26. The van der Waals surface area contributed by atoms with Crippen LogP contribution in [0.5, 0.6) is 5.75 Å². The van der Waals surface area contributed by atoms with Gasteiger partial charge in [-0.05, 0) is 44.0 Å². The number of nitrogens with zero attached hydrogens (tertiary/aromatic N) is 3. The number of guanidine groups is 1. The lowest BCUT2D eigenvalue weighted by Crippen LogP contribution is -2.38. The molecule has 6 nitrogen and oxygen atoms in total. The van der Waals surface area contributed by atoms with Crippen molar-refractivity contribution in [3.63, 3.8) is 0 Å². The molecule has 0 aliphatic carbocycles. The standard InChI is InChI=1S/C22H29N5O.HI/c1-5-23-22(24-13-12-17-14-16(2)10-11-20(17)28-4)25-15-21-26-18-8-6-7-9-19(18)27(21)3;/h6-11,14H,5,12-13,15H2,1-4H3,(H2,23,24,25);1H. The molecule has 3 aromatic rings. The Bertz CT molecular complexity index is 967. The molecule has 7 heteroatoms. The van der Waals surface area contributed by atoms with Crippen LogP contribution in [0.2, 0.25) is 0 Å². The van der Waals surface area contributed by atoms with E-state index in [9.17, 15) is 0 Å². The maximum Gasteiger partial charge on any atom is 0.191 e. The van der Waals surface area contributed by atoms with Gasteiger partial charge >= 0.3 is 0 Å². The fourth-order valence-electron chi connectivity index (χ4n) is 3.25. The maximum atomic E-state index is 5.47. The van der Waals surface area contributed by atoms with Gasteiger partial charge in [0.2, 0.25) is 0 Å². The van der Waals surface area contributed by atoms with Gasteiger partial charge in [-0.25, -0.2) is 9.98 Å². The van der Waals surface area contributed by atoms with Crippen LogP contribution in [-0.4, -0.2) is 35.7 Å². The number of halogens is 1. The summed E-state index contributed by atoms with van der Waals surface area (Å²) in [5.74, 6) is 2.66. The van der Waals surface area contributed by atoms with E-state index in [1.54, 1.807) is 7.11 Å². The zero-order valence-electron chi connectivity index (χ0n) is 17.5. The SMILES string of the molecule is CCNC(=NCc1nc2ccccc2n1C)NCCc1cc(C)ccc1OC.I. The van der Waals surface area contributed by atoms with Gasteiger partial charge in [-0.1, -0.05) is 29.8 Å². The molecule has 1 aromatic heterocycles. The molecule has 0 radical (unpaired) electrons. The average Bonchev–Trinajstić information content (AvgIpc) is 3.02. The highest BCUT2D eigenvalue weighted by Gasteiger charge is 2.08. The summed E-state index contributed by atoms with van der Waals surface area (Å²) in [7, 11) is 3.74. The molecule has 0 saturated heterocycles. The second-order valence-electron chi connectivity index (χ2n) is 6.76. The summed E-state index contributed by atoms with van der Waals surface area (Å²) in [6.07, 6.45) is 0.863. The number of hydrogen-bond donors (Lipinski definition) is 2. The van der Waals surface area contributed by atoms with Crippen molar-refractivity contribution in [3.8, 4) is 5.75 Å². The molecule has 3 rings (SSSR count). The lowest BCUT2D eigenvalue weighted by atomic mass is 10.1. The molecule has 0 amide bonds. The number of aromatic nitrogens is 2. The Labute approximate surface area is 189 Å². The second-order valence-corrected chi connectivity index (χ2v) is 6.76. The van der Waals surface area contributed by atoms with E-state index in [4.69, 9.17) is 9.73 Å². The third-order valence-corrected chi connectivity index (χ3v) is 4.73. The number of para-hydroxylation sites is 2. The van der Waals surface area contributed by atoms with Gasteiger partial charge in [0.1, 0.15) is 18.1 Å². The summed E-state index contributed by atoms with van der Waals surface area (Å²) in [6, 6.07) is 14.4. The fraction of sp³-hybridized carbons (Fsp3) is 0.364. The average molecular weight is 507 g/mol. The molecule has 0 aliphatic rings. The summed E-state index contributed by atoms with van der Waals surface area (Å²) in [5, 5.41) is 6.71. The summed E-state index contributed by atoms with van der Waals surface area (Å²) >= 11 is 0. The molecule has 2 N–H and O–H groups in total. The number of hydrogen-bond acceptors (Lipinski definition) is 3. The smallest absolute Gasteiger partial charge is 0.191 e. The number of rotatable bonds is 7. The van der Waals surface area contributed by atoms with Crippen LogP contribution in [0.1, 0.15) is 23.9 Å². The van der Waals surface area contributed by atoms with Crippen LogP contribution >= 0.6 is 24.0 Å². The van der Waals surface area contributed by atoms with Crippen LogP contribution in [0.25, 0.3) is 11.0 Å². The number of aliphatic imine (C=N–C) groups is 1. The van der Waals surface area contributed by atoms with Crippen LogP contribution in [-0.2, 0) is 20.0 Å². The minimum absolute atomic E-state index is 0. The topological polar surface area (TPSA) is 63.5 Å². The summed E-state index contributed by atoms with van der Waals surface area (Å²) in [4.78, 5) is 9.40. The monoisotopic (exact) mass is 507 g/mol. The van der Waals surface area contributed by atoms with E-state index in [2.05, 4.69) is 52.2 Å². The van der Waals surface area contributed by atoms with E-state index in [1.165, 1.54) is 11.1 Å². The number of imidazole rings is 1. The Balaban J connectivity index is 0.00000300. The number of methoxy groups -OCH3 is 1. The Morgan fingerprint density at radius 1 is 1.17 bits per heavy atom. The van der Waals surface area contributed by atoms with Crippen LogP contribution in [0.3, 0.4) is 0 Å². The normalized spacial score (nSPS) is 11.2. The number of fused-ring (bicyclic) bond motifs is 1. The molecule has 0 aliphatic heterocycles. The Hall–Kier alpha value is -2.29.